The smallest absolute Gasteiger partial charge is 0.262 e. The van der Waals surface area contributed by atoms with Gasteiger partial charge in [0.1, 0.15) is 11.6 Å². The van der Waals surface area contributed by atoms with Crippen LogP contribution in [0.3, 0.4) is 0 Å². The van der Waals surface area contributed by atoms with E-state index >= 15 is 0 Å². The van der Waals surface area contributed by atoms with E-state index in [1.165, 1.54) is 0 Å². The molecule has 1 aromatic carbocycles. The van der Waals surface area contributed by atoms with E-state index in [4.69, 9.17) is 0 Å². The predicted molar refractivity (Wildman–Crippen MR) is 43.7 cm³/mol. The molecule has 78 valence electrons. The zero-order chi connectivity index (χ0) is 10.8. The molecule has 0 aliphatic rings. The average molecular weight is 223 g/mol. The molecule has 0 fully saturated rings. The lowest BCUT2D eigenvalue weighted by Gasteiger charge is -2.03. The number of sulfonamides is 1. The molecule has 1 rings (SSSR count). The number of nitrogens with one attached hydrogen (secondary N) is 1. The molecule has 4 nitrogen and oxygen atoms in total. The molecule has 0 radical (unpaired) electrons. The fourth-order valence-corrected chi connectivity index (χ4v) is 1.69. The number of rotatable bonds is 3. The van der Waals surface area contributed by atoms with Crippen molar-refractivity contribution in [3.05, 3.63) is 29.8 Å². The van der Waals surface area contributed by atoms with Crippen molar-refractivity contribution >= 4 is 10.0 Å². The Morgan fingerprint density at radius 1 is 1.21 bits per heavy atom. The summed E-state index contributed by atoms with van der Waals surface area (Å²) in [6, 6.07) is 1.95. The van der Waals surface area contributed by atoms with Crippen molar-refractivity contribution in [3.8, 4) is 0 Å². The maximum atomic E-state index is 12.6. The van der Waals surface area contributed by atoms with Gasteiger partial charge in [0.25, 0.3) is 10.0 Å². The molecule has 1 aromatic rings. The van der Waals surface area contributed by atoms with E-state index < -0.39 is 26.6 Å². The minimum absolute atomic E-state index is 0.531. The molecule has 1 N–H and O–H groups in total. The third-order valence-corrected chi connectivity index (χ3v) is 2.58. The minimum Gasteiger partial charge on any atom is -0.290 e. The largest absolute Gasteiger partial charge is 0.290 e. The molecular weight excluding hydrogens is 216 g/mol. The Labute approximate surface area is 79.5 Å². The Balaban J connectivity index is 3.19. The van der Waals surface area contributed by atoms with E-state index in [9.17, 15) is 17.2 Å². The van der Waals surface area contributed by atoms with Gasteiger partial charge in [0, 0.05) is 6.07 Å². The van der Waals surface area contributed by atoms with Crippen molar-refractivity contribution in [3.63, 3.8) is 0 Å². The van der Waals surface area contributed by atoms with E-state index in [2.05, 4.69) is 4.84 Å². The van der Waals surface area contributed by atoms with E-state index in [0.717, 1.165) is 7.11 Å². The Morgan fingerprint density at radius 2 is 1.71 bits per heavy atom. The summed E-state index contributed by atoms with van der Waals surface area (Å²) in [4.78, 5) is 5.26. The lowest BCUT2D eigenvalue weighted by molar-refractivity contribution is 0.153. The van der Waals surface area contributed by atoms with Gasteiger partial charge in [0.15, 0.2) is 0 Å². The van der Waals surface area contributed by atoms with Gasteiger partial charge in [0.05, 0.1) is 12.0 Å². The van der Waals surface area contributed by atoms with Crippen LogP contribution in [-0.4, -0.2) is 15.5 Å². The highest BCUT2D eigenvalue weighted by molar-refractivity contribution is 7.89. The molecule has 0 aliphatic carbocycles. The molecular formula is C7H7F2NO3S. The Bertz CT molecular complexity index is 412. The van der Waals surface area contributed by atoms with Gasteiger partial charge < -0.3 is 0 Å². The van der Waals surface area contributed by atoms with Crippen molar-refractivity contribution in [1.29, 1.82) is 0 Å². The van der Waals surface area contributed by atoms with Crippen molar-refractivity contribution in [1.82, 2.24) is 4.89 Å². The molecule has 0 spiro atoms. The summed E-state index contributed by atoms with van der Waals surface area (Å²) >= 11 is 0. The molecule has 0 heterocycles. The van der Waals surface area contributed by atoms with Gasteiger partial charge in [-0.25, -0.2) is 17.2 Å². The van der Waals surface area contributed by atoms with E-state index in [0.29, 0.717) is 18.2 Å². The molecule has 0 saturated carbocycles. The van der Waals surface area contributed by atoms with Gasteiger partial charge in [-0.05, 0) is 12.1 Å². The highest BCUT2D eigenvalue weighted by Gasteiger charge is 2.15. The van der Waals surface area contributed by atoms with Gasteiger partial charge in [-0.3, -0.25) is 4.84 Å². The molecule has 0 atom stereocenters. The number of hydrogen-bond donors (Lipinski definition) is 1. The van der Waals surface area contributed by atoms with Crippen LogP contribution in [0.5, 0.6) is 0 Å². The molecule has 0 bridgehead atoms. The second-order valence-corrected chi connectivity index (χ2v) is 4.04. The predicted octanol–water partition coefficient (Wildman–Crippen LogP) is 0.804. The normalized spacial score (nSPS) is 11.6. The average Bonchev–Trinajstić information content (AvgIpc) is 2.02. The third kappa shape index (κ3) is 2.47. The quantitative estimate of drug-likeness (QED) is 0.771. The maximum Gasteiger partial charge on any atom is 0.262 e. The Morgan fingerprint density at radius 3 is 2.14 bits per heavy atom. The molecule has 0 saturated heterocycles. The molecule has 14 heavy (non-hydrogen) atoms. The van der Waals surface area contributed by atoms with E-state index in [1.54, 1.807) is 4.89 Å². The van der Waals surface area contributed by atoms with Gasteiger partial charge in [-0.2, -0.15) is 0 Å². The Hall–Kier alpha value is -1.05. The summed E-state index contributed by atoms with van der Waals surface area (Å²) in [5.41, 5.74) is 0. The molecule has 0 aliphatic heterocycles. The summed E-state index contributed by atoms with van der Waals surface area (Å²) in [5.74, 6) is -1.94. The highest BCUT2D eigenvalue weighted by Crippen LogP contribution is 2.12. The topological polar surface area (TPSA) is 55.4 Å². The highest BCUT2D eigenvalue weighted by atomic mass is 32.2. The van der Waals surface area contributed by atoms with Crippen LogP contribution in [0, 0.1) is 11.6 Å². The second-order valence-electron chi connectivity index (χ2n) is 2.40. The number of benzene rings is 1. The van der Waals surface area contributed by atoms with Gasteiger partial charge >= 0.3 is 0 Å². The summed E-state index contributed by atoms with van der Waals surface area (Å²) in [5, 5.41) is 0. The van der Waals surface area contributed by atoms with E-state index in [1.807, 2.05) is 0 Å². The standard InChI is InChI=1S/C7H7F2NO3S/c1-13-10-14(11,12)7-3-5(8)2-6(9)4-7/h2-4,10H,1H3. The molecule has 7 heteroatoms. The van der Waals surface area contributed by atoms with Gasteiger partial charge in [0.2, 0.25) is 0 Å². The summed E-state index contributed by atoms with van der Waals surface area (Å²) < 4.78 is 47.6. The molecule has 0 aromatic heterocycles. The lowest BCUT2D eigenvalue weighted by Crippen LogP contribution is -2.22. The first-order chi connectivity index (χ1) is 6.45. The van der Waals surface area contributed by atoms with Gasteiger partial charge in [-0.1, -0.05) is 4.89 Å². The lowest BCUT2D eigenvalue weighted by atomic mass is 10.3. The summed E-state index contributed by atoms with van der Waals surface area (Å²) in [6.45, 7) is 0. The van der Waals surface area contributed by atoms with E-state index in [-0.39, 0.29) is 0 Å². The van der Waals surface area contributed by atoms with Crippen LogP contribution >= 0.6 is 0 Å². The van der Waals surface area contributed by atoms with Crippen LogP contribution in [0.1, 0.15) is 0 Å². The maximum absolute atomic E-state index is 12.6. The van der Waals surface area contributed by atoms with Crippen molar-refractivity contribution in [2.75, 3.05) is 7.11 Å². The zero-order valence-corrected chi connectivity index (χ0v) is 7.94. The molecule has 0 amide bonds. The van der Waals surface area contributed by atoms with Gasteiger partial charge in [-0.15, -0.1) is 0 Å². The van der Waals surface area contributed by atoms with Crippen LogP contribution in [0.2, 0.25) is 0 Å². The van der Waals surface area contributed by atoms with Crippen LogP contribution in [-0.2, 0) is 14.9 Å². The molecule has 0 unspecified atom stereocenters. The fraction of sp³-hybridized carbons (Fsp3) is 0.143. The first-order valence-electron chi connectivity index (χ1n) is 3.46. The Kier molecular flexibility index (Phi) is 3.14. The first-order valence-corrected chi connectivity index (χ1v) is 4.95. The second kappa shape index (κ2) is 3.99. The number of halogens is 2. The van der Waals surface area contributed by atoms with Crippen molar-refractivity contribution in [2.24, 2.45) is 0 Å². The summed E-state index contributed by atoms with van der Waals surface area (Å²) in [6.07, 6.45) is 0. The SMILES string of the molecule is CONS(=O)(=O)c1cc(F)cc(F)c1. The van der Waals surface area contributed by atoms with Crippen molar-refractivity contribution in [2.45, 2.75) is 4.90 Å². The first kappa shape index (κ1) is 11.0. The van der Waals surface area contributed by atoms with Crippen LogP contribution in [0.15, 0.2) is 23.1 Å². The number of hydrogen-bond acceptors (Lipinski definition) is 3. The monoisotopic (exact) mass is 223 g/mol. The van der Waals surface area contributed by atoms with Crippen LogP contribution in [0.25, 0.3) is 0 Å². The minimum atomic E-state index is -4.01. The fourth-order valence-electron chi connectivity index (χ4n) is 0.842. The summed E-state index contributed by atoms with van der Waals surface area (Å²) in [7, 11) is -2.93. The van der Waals surface area contributed by atoms with Crippen molar-refractivity contribution < 1.29 is 22.0 Å². The third-order valence-electron chi connectivity index (χ3n) is 1.34. The zero-order valence-electron chi connectivity index (χ0n) is 7.12. The van der Waals surface area contributed by atoms with Crippen LogP contribution in [0.4, 0.5) is 8.78 Å². The van der Waals surface area contributed by atoms with Crippen LogP contribution < -0.4 is 4.89 Å².